The quantitative estimate of drug-likeness (QED) is 0.661. The van der Waals surface area contributed by atoms with Gasteiger partial charge < -0.3 is 10.4 Å². The number of nitrogens with one attached hydrogen (secondary N) is 1. The number of non-ortho nitro benzene ring substituents is 1. The van der Waals surface area contributed by atoms with E-state index in [1.165, 1.54) is 18.2 Å². The molecule has 0 aromatic heterocycles. The lowest BCUT2D eigenvalue weighted by Crippen LogP contribution is -2.05. The molecule has 6 nitrogen and oxygen atoms in total. The van der Waals surface area contributed by atoms with Crippen molar-refractivity contribution in [3.05, 3.63) is 63.2 Å². The molecule has 0 unspecified atom stereocenters. The van der Waals surface area contributed by atoms with E-state index in [0.717, 1.165) is 16.8 Å². The van der Waals surface area contributed by atoms with Gasteiger partial charge in [-0.2, -0.15) is 0 Å². The Bertz CT molecular complexity index is 705. The van der Waals surface area contributed by atoms with Crippen LogP contribution in [0.25, 0.3) is 0 Å². The van der Waals surface area contributed by atoms with Gasteiger partial charge in [-0.15, -0.1) is 0 Å². The van der Waals surface area contributed by atoms with E-state index in [4.69, 9.17) is 0 Å². The molecule has 0 fully saturated rings. The van der Waals surface area contributed by atoms with Crippen LogP contribution < -0.4 is 5.32 Å². The second kappa shape index (κ2) is 5.62. The number of benzene rings is 2. The maximum absolute atomic E-state index is 11.3. The Labute approximate surface area is 121 Å². The number of nitro benzene ring substituents is 1. The summed E-state index contributed by atoms with van der Waals surface area (Å²) in [6.07, 6.45) is 0. The largest absolute Gasteiger partial charge is 0.478 e. The summed E-state index contributed by atoms with van der Waals surface area (Å²) in [4.78, 5) is 21.6. The summed E-state index contributed by atoms with van der Waals surface area (Å²) in [5.74, 6) is -1.14. The van der Waals surface area contributed by atoms with Gasteiger partial charge in [-0.25, -0.2) is 4.79 Å². The molecule has 21 heavy (non-hydrogen) atoms. The first-order chi connectivity index (χ1) is 9.90. The zero-order chi connectivity index (χ0) is 15.6. The van der Waals surface area contributed by atoms with E-state index in [2.05, 4.69) is 5.32 Å². The van der Waals surface area contributed by atoms with E-state index in [9.17, 15) is 20.0 Å². The number of nitro groups is 1. The van der Waals surface area contributed by atoms with Crippen molar-refractivity contribution in [1.29, 1.82) is 0 Å². The van der Waals surface area contributed by atoms with Gasteiger partial charge >= 0.3 is 5.97 Å². The number of nitrogens with zero attached hydrogens (tertiary/aromatic N) is 1. The van der Waals surface area contributed by atoms with Crippen molar-refractivity contribution in [2.24, 2.45) is 0 Å². The van der Waals surface area contributed by atoms with E-state index < -0.39 is 10.9 Å². The van der Waals surface area contributed by atoms with Crippen LogP contribution in [0.5, 0.6) is 0 Å². The molecule has 108 valence electrons. The van der Waals surface area contributed by atoms with Crippen molar-refractivity contribution in [2.45, 2.75) is 13.8 Å². The first kappa shape index (κ1) is 14.5. The summed E-state index contributed by atoms with van der Waals surface area (Å²) in [7, 11) is 0. The van der Waals surface area contributed by atoms with Crippen LogP contribution in [0.3, 0.4) is 0 Å². The lowest BCUT2D eigenvalue weighted by atomic mass is 10.1. The highest BCUT2D eigenvalue weighted by Crippen LogP contribution is 2.29. The average molecular weight is 286 g/mol. The number of carboxylic acids is 1. The zero-order valence-electron chi connectivity index (χ0n) is 11.6. The van der Waals surface area contributed by atoms with Crippen molar-refractivity contribution in [1.82, 2.24) is 0 Å². The van der Waals surface area contributed by atoms with Gasteiger partial charge in [-0.05, 0) is 31.0 Å². The third-order valence-corrected chi connectivity index (χ3v) is 3.19. The van der Waals surface area contributed by atoms with E-state index >= 15 is 0 Å². The smallest absolute Gasteiger partial charge is 0.337 e. The molecule has 0 spiro atoms. The fourth-order valence-electron chi connectivity index (χ4n) is 2.08. The molecule has 0 atom stereocenters. The summed E-state index contributed by atoms with van der Waals surface area (Å²) in [5, 5.41) is 23.1. The van der Waals surface area contributed by atoms with Gasteiger partial charge in [0.05, 0.1) is 16.2 Å². The van der Waals surface area contributed by atoms with Gasteiger partial charge in [0.2, 0.25) is 0 Å². The van der Waals surface area contributed by atoms with Crippen molar-refractivity contribution >= 4 is 23.0 Å². The van der Waals surface area contributed by atoms with Gasteiger partial charge in [0, 0.05) is 17.8 Å². The SMILES string of the molecule is Cc1cccc(C)c1Nc1cc([N+](=O)[O-])ccc1C(=O)O. The van der Waals surface area contributed by atoms with Crippen LogP contribution in [-0.4, -0.2) is 16.0 Å². The van der Waals surface area contributed by atoms with Crippen LogP contribution in [0, 0.1) is 24.0 Å². The van der Waals surface area contributed by atoms with Gasteiger partial charge in [-0.3, -0.25) is 10.1 Å². The summed E-state index contributed by atoms with van der Waals surface area (Å²) < 4.78 is 0. The molecule has 6 heteroatoms. The van der Waals surface area contributed by atoms with Crippen LogP contribution in [0.4, 0.5) is 17.1 Å². The summed E-state index contributed by atoms with van der Waals surface area (Å²) >= 11 is 0. The van der Waals surface area contributed by atoms with E-state index in [1.807, 2.05) is 32.0 Å². The molecule has 0 aliphatic rings. The number of para-hydroxylation sites is 1. The Hall–Kier alpha value is -2.89. The molecule has 2 aromatic carbocycles. The second-order valence-electron chi connectivity index (χ2n) is 4.68. The Morgan fingerprint density at radius 3 is 2.33 bits per heavy atom. The highest BCUT2D eigenvalue weighted by molar-refractivity contribution is 5.96. The van der Waals surface area contributed by atoms with Gasteiger partial charge in [0.15, 0.2) is 0 Å². The minimum absolute atomic E-state index is 0.0109. The van der Waals surface area contributed by atoms with Crippen molar-refractivity contribution in [3.8, 4) is 0 Å². The number of aromatic carboxylic acids is 1. The van der Waals surface area contributed by atoms with E-state index in [0.29, 0.717) is 0 Å². The number of carboxylic acid groups (broad SMARTS) is 1. The number of hydrogen-bond donors (Lipinski definition) is 2. The van der Waals surface area contributed by atoms with Crippen LogP contribution in [0.2, 0.25) is 0 Å². The Morgan fingerprint density at radius 2 is 1.81 bits per heavy atom. The molecule has 0 aliphatic heterocycles. The minimum atomic E-state index is -1.14. The van der Waals surface area contributed by atoms with Crippen LogP contribution >= 0.6 is 0 Å². The topological polar surface area (TPSA) is 92.5 Å². The molecular formula is C15H14N2O4. The average Bonchev–Trinajstić information content (AvgIpc) is 2.42. The van der Waals surface area contributed by atoms with Crippen LogP contribution in [-0.2, 0) is 0 Å². The van der Waals surface area contributed by atoms with Crippen molar-refractivity contribution in [3.63, 3.8) is 0 Å². The number of anilines is 2. The minimum Gasteiger partial charge on any atom is -0.478 e. The normalized spacial score (nSPS) is 10.2. The highest BCUT2D eigenvalue weighted by Gasteiger charge is 2.16. The Kier molecular flexibility index (Phi) is 3.89. The van der Waals surface area contributed by atoms with Crippen LogP contribution in [0.1, 0.15) is 21.5 Å². The molecular weight excluding hydrogens is 272 g/mol. The maximum atomic E-state index is 11.3. The molecule has 0 radical (unpaired) electrons. The number of aryl methyl sites for hydroxylation is 2. The van der Waals surface area contributed by atoms with Crippen LogP contribution in [0.15, 0.2) is 36.4 Å². The standard InChI is InChI=1S/C15H14N2O4/c1-9-4-3-5-10(2)14(9)16-13-8-11(17(20)21)6-7-12(13)15(18)19/h3-8,16H,1-2H3,(H,18,19). The third kappa shape index (κ3) is 3.00. The number of carbonyl (C=O) groups is 1. The molecule has 0 amide bonds. The zero-order valence-corrected chi connectivity index (χ0v) is 11.6. The molecule has 0 heterocycles. The fourth-order valence-corrected chi connectivity index (χ4v) is 2.08. The molecule has 2 N–H and O–H groups in total. The van der Waals surface area contributed by atoms with Crippen molar-refractivity contribution < 1.29 is 14.8 Å². The lowest BCUT2D eigenvalue weighted by Gasteiger charge is -2.14. The monoisotopic (exact) mass is 286 g/mol. The third-order valence-electron chi connectivity index (χ3n) is 3.19. The molecule has 0 saturated carbocycles. The first-order valence-electron chi connectivity index (χ1n) is 6.25. The van der Waals surface area contributed by atoms with Gasteiger partial charge in [0.25, 0.3) is 5.69 Å². The molecule has 0 aliphatic carbocycles. The fraction of sp³-hybridized carbons (Fsp3) is 0.133. The van der Waals surface area contributed by atoms with E-state index in [-0.39, 0.29) is 16.9 Å². The second-order valence-corrected chi connectivity index (χ2v) is 4.68. The van der Waals surface area contributed by atoms with E-state index in [1.54, 1.807) is 0 Å². The maximum Gasteiger partial charge on any atom is 0.337 e. The molecule has 2 aromatic rings. The molecule has 0 saturated heterocycles. The van der Waals surface area contributed by atoms with Gasteiger partial charge in [0.1, 0.15) is 0 Å². The number of rotatable bonds is 4. The van der Waals surface area contributed by atoms with Gasteiger partial charge in [-0.1, -0.05) is 18.2 Å². The van der Waals surface area contributed by atoms with Crippen molar-refractivity contribution in [2.75, 3.05) is 5.32 Å². The molecule has 2 rings (SSSR count). The molecule has 0 bridgehead atoms. The lowest BCUT2D eigenvalue weighted by molar-refractivity contribution is -0.384. The predicted molar refractivity (Wildman–Crippen MR) is 79.3 cm³/mol. The summed E-state index contributed by atoms with van der Waals surface area (Å²) in [5.41, 5.74) is 2.64. The highest BCUT2D eigenvalue weighted by atomic mass is 16.6. The predicted octanol–water partition coefficient (Wildman–Crippen LogP) is 3.65. The first-order valence-corrected chi connectivity index (χ1v) is 6.25. The number of hydrogen-bond acceptors (Lipinski definition) is 4. The summed E-state index contributed by atoms with van der Waals surface area (Å²) in [6.45, 7) is 3.76. The summed E-state index contributed by atoms with van der Waals surface area (Å²) in [6, 6.07) is 9.30. The Morgan fingerprint density at radius 1 is 1.19 bits per heavy atom. The Balaban J connectivity index is 2.53.